The second-order valence-corrected chi connectivity index (χ2v) is 6.71. The molecule has 3 rings (SSSR count). The Morgan fingerprint density at radius 1 is 1.33 bits per heavy atom. The van der Waals surface area contributed by atoms with Gasteiger partial charge in [-0.2, -0.15) is 0 Å². The highest BCUT2D eigenvalue weighted by Gasteiger charge is 2.42. The first kappa shape index (κ1) is 12.9. The lowest BCUT2D eigenvalue weighted by Gasteiger charge is -2.48. The summed E-state index contributed by atoms with van der Waals surface area (Å²) in [6.07, 6.45) is 8.47. The zero-order valence-electron chi connectivity index (χ0n) is 11.8. The molecule has 2 aliphatic heterocycles. The lowest BCUT2D eigenvalue weighted by atomic mass is 9.74. The highest BCUT2D eigenvalue weighted by Crippen LogP contribution is 2.41. The number of hydrogen-bond donors (Lipinski definition) is 1. The topological polar surface area (TPSA) is 24.5 Å². The standard InChI is InChI=1S/C15H28N2O/c1-18-10-14(13-4-5-13)17-9-3-7-15(12-17)6-2-8-16-11-15/h13-14,16H,2-12H2,1H3. The Morgan fingerprint density at radius 3 is 2.83 bits per heavy atom. The predicted octanol–water partition coefficient (Wildman–Crippen LogP) is 1.88. The average molecular weight is 252 g/mol. The zero-order chi connectivity index (χ0) is 12.4. The van der Waals surface area contributed by atoms with Crippen LogP contribution in [-0.4, -0.2) is 50.8 Å². The molecule has 2 saturated heterocycles. The van der Waals surface area contributed by atoms with Gasteiger partial charge < -0.3 is 10.1 Å². The van der Waals surface area contributed by atoms with Crippen LogP contribution in [0.3, 0.4) is 0 Å². The monoisotopic (exact) mass is 252 g/mol. The largest absolute Gasteiger partial charge is 0.383 e. The van der Waals surface area contributed by atoms with E-state index in [1.165, 1.54) is 64.7 Å². The molecular formula is C15H28N2O. The summed E-state index contributed by atoms with van der Waals surface area (Å²) in [5.41, 5.74) is 0.581. The van der Waals surface area contributed by atoms with Gasteiger partial charge in [0.15, 0.2) is 0 Å². The number of ether oxygens (including phenoxy) is 1. The molecular weight excluding hydrogens is 224 g/mol. The van der Waals surface area contributed by atoms with Gasteiger partial charge in [-0.1, -0.05) is 0 Å². The van der Waals surface area contributed by atoms with Crippen LogP contribution in [0.15, 0.2) is 0 Å². The molecule has 0 aromatic rings. The lowest BCUT2D eigenvalue weighted by molar-refractivity contribution is 0.00313. The van der Waals surface area contributed by atoms with E-state index in [1.807, 2.05) is 7.11 Å². The van der Waals surface area contributed by atoms with Gasteiger partial charge in [0.2, 0.25) is 0 Å². The van der Waals surface area contributed by atoms with Gasteiger partial charge in [0, 0.05) is 26.2 Å². The van der Waals surface area contributed by atoms with Crippen molar-refractivity contribution in [3.8, 4) is 0 Å². The lowest BCUT2D eigenvalue weighted by Crippen LogP contribution is -2.55. The first-order valence-electron chi connectivity index (χ1n) is 7.77. The normalized spacial score (nSPS) is 35.8. The highest BCUT2D eigenvalue weighted by molar-refractivity contribution is 4.96. The summed E-state index contributed by atoms with van der Waals surface area (Å²) in [6, 6.07) is 0.703. The van der Waals surface area contributed by atoms with Crippen molar-refractivity contribution in [2.45, 2.75) is 44.6 Å². The molecule has 1 spiro atoms. The summed E-state index contributed by atoms with van der Waals surface area (Å²) >= 11 is 0. The van der Waals surface area contributed by atoms with Crippen molar-refractivity contribution in [3.05, 3.63) is 0 Å². The van der Waals surface area contributed by atoms with Crippen molar-refractivity contribution < 1.29 is 4.74 Å². The summed E-state index contributed by atoms with van der Waals surface area (Å²) in [4.78, 5) is 2.76. The van der Waals surface area contributed by atoms with Crippen LogP contribution in [0.4, 0.5) is 0 Å². The molecule has 1 aliphatic carbocycles. The zero-order valence-corrected chi connectivity index (χ0v) is 11.8. The molecule has 3 nitrogen and oxygen atoms in total. The molecule has 3 fully saturated rings. The van der Waals surface area contributed by atoms with E-state index in [2.05, 4.69) is 10.2 Å². The molecule has 2 unspecified atom stereocenters. The van der Waals surface area contributed by atoms with Crippen LogP contribution in [0.5, 0.6) is 0 Å². The summed E-state index contributed by atoms with van der Waals surface area (Å²) in [5.74, 6) is 0.927. The molecule has 0 radical (unpaired) electrons. The van der Waals surface area contributed by atoms with Crippen molar-refractivity contribution in [1.29, 1.82) is 0 Å². The predicted molar refractivity (Wildman–Crippen MR) is 73.7 cm³/mol. The quantitative estimate of drug-likeness (QED) is 0.827. The van der Waals surface area contributed by atoms with Gasteiger partial charge in [0.05, 0.1) is 6.61 Å². The fourth-order valence-electron chi connectivity index (χ4n) is 4.10. The van der Waals surface area contributed by atoms with Crippen LogP contribution in [0.2, 0.25) is 0 Å². The maximum absolute atomic E-state index is 5.48. The molecule has 3 heteroatoms. The third kappa shape index (κ3) is 2.73. The van der Waals surface area contributed by atoms with E-state index in [0.717, 1.165) is 12.5 Å². The second kappa shape index (κ2) is 5.48. The van der Waals surface area contributed by atoms with Crippen LogP contribution >= 0.6 is 0 Å². The minimum absolute atomic E-state index is 0.581. The second-order valence-electron chi connectivity index (χ2n) is 6.71. The summed E-state index contributed by atoms with van der Waals surface area (Å²) in [5, 5.41) is 3.62. The SMILES string of the molecule is COCC(C1CC1)N1CCCC2(CCCNC2)C1. The van der Waals surface area contributed by atoms with Crippen molar-refractivity contribution in [3.63, 3.8) is 0 Å². The Morgan fingerprint density at radius 2 is 2.17 bits per heavy atom. The molecule has 0 amide bonds. The molecule has 104 valence electrons. The van der Waals surface area contributed by atoms with Gasteiger partial charge in [0.25, 0.3) is 0 Å². The molecule has 2 heterocycles. The van der Waals surface area contributed by atoms with Crippen molar-refractivity contribution >= 4 is 0 Å². The summed E-state index contributed by atoms with van der Waals surface area (Å²) in [7, 11) is 1.86. The Labute approximate surface area is 111 Å². The van der Waals surface area contributed by atoms with Crippen LogP contribution in [-0.2, 0) is 4.74 Å². The molecule has 18 heavy (non-hydrogen) atoms. The Balaban J connectivity index is 1.64. The molecule has 1 N–H and O–H groups in total. The molecule has 0 aromatic carbocycles. The minimum atomic E-state index is 0.581. The van der Waals surface area contributed by atoms with Crippen molar-refractivity contribution in [1.82, 2.24) is 10.2 Å². The fourth-order valence-corrected chi connectivity index (χ4v) is 4.10. The number of nitrogens with zero attached hydrogens (tertiary/aromatic N) is 1. The highest BCUT2D eigenvalue weighted by atomic mass is 16.5. The maximum atomic E-state index is 5.48. The van der Waals surface area contributed by atoms with Gasteiger partial charge in [-0.3, -0.25) is 4.90 Å². The number of likely N-dealkylation sites (tertiary alicyclic amines) is 1. The number of methoxy groups -OCH3 is 1. The Bertz CT molecular complexity index is 266. The van der Waals surface area contributed by atoms with Gasteiger partial charge in [-0.15, -0.1) is 0 Å². The maximum Gasteiger partial charge on any atom is 0.0620 e. The molecule has 0 bridgehead atoms. The first-order valence-corrected chi connectivity index (χ1v) is 7.77. The average Bonchev–Trinajstić information content (AvgIpc) is 3.21. The minimum Gasteiger partial charge on any atom is -0.383 e. The van der Waals surface area contributed by atoms with E-state index < -0.39 is 0 Å². The third-order valence-corrected chi connectivity index (χ3v) is 5.22. The molecule has 1 saturated carbocycles. The van der Waals surface area contributed by atoms with Crippen LogP contribution < -0.4 is 5.32 Å². The Kier molecular flexibility index (Phi) is 3.92. The van der Waals surface area contributed by atoms with E-state index in [0.29, 0.717) is 11.5 Å². The van der Waals surface area contributed by atoms with Gasteiger partial charge in [-0.25, -0.2) is 0 Å². The van der Waals surface area contributed by atoms with Crippen LogP contribution in [0.25, 0.3) is 0 Å². The van der Waals surface area contributed by atoms with E-state index in [4.69, 9.17) is 4.74 Å². The van der Waals surface area contributed by atoms with Crippen LogP contribution in [0, 0.1) is 11.3 Å². The summed E-state index contributed by atoms with van der Waals surface area (Å²) < 4.78 is 5.48. The van der Waals surface area contributed by atoms with Gasteiger partial charge in [0.1, 0.15) is 0 Å². The van der Waals surface area contributed by atoms with E-state index >= 15 is 0 Å². The third-order valence-electron chi connectivity index (χ3n) is 5.22. The number of piperidine rings is 2. The first-order chi connectivity index (χ1) is 8.83. The fraction of sp³-hybridized carbons (Fsp3) is 1.00. The summed E-state index contributed by atoms with van der Waals surface area (Å²) in [6.45, 7) is 6.02. The smallest absolute Gasteiger partial charge is 0.0620 e. The van der Waals surface area contributed by atoms with E-state index in [1.54, 1.807) is 0 Å². The van der Waals surface area contributed by atoms with Gasteiger partial charge >= 0.3 is 0 Å². The molecule has 2 atom stereocenters. The van der Waals surface area contributed by atoms with E-state index in [9.17, 15) is 0 Å². The Hall–Kier alpha value is -0.120. The van der Waals surface area contributed by atoms with Crippen LogP contribution in [0.1, 0.15) is 38.5 Å². The van der Waals surface area contributed by atoms with Gasteiger partial charge in [-0.05, 0) is 62.9 Å². The van der Waals surface area contributed by atoms with Crippen molar-refractivity contribution in [2.75, 3.05) is 39.9 Å². The van der Waals surface area contributed by atoms with Crippen molar-refractivity contribution in [2.24, 2.45) is 11.3 Å². The number of hydrogen-bond acceptors (Lipinski definition) is 3. The number of rotatable bonds is 4. The number of nitrogens with one attached hydrogen (secondary N) is 1. The molecule has 0 aromatic heterocycles. The molecule has 3 aliphatic rings. The van der Waals surface area contributed by atoms with E-state index in [-0.39, 0.29) is 0 Å².